The number of nitriles is 1. The first-order chi connectivity index (χ1) is 8.88. The average Bonchev–Trinajstić information content (AvgIpc) is 2.45. The predicted octanol–water partition coefficient (Wildman–Crippen LogP) is 3.11. The minimum atomic E-state index is 0.398. The summed E-state index contributed by atoms with van der Waals surface area (Å²) in [5, 5.41) is 12.6. The lowest BCUT2D eigenvalue weighted by molar-refractivity contribution is 0.132. The summed E-state index contributed by atoms with van der Waals surface area (Å²) in [7, 11) is 0. The Bertz CT molecular complexity index is 553. The van der Waals surface area contributed by atoms with Crippen molar-refractivity contribution in [2.45, 2.75) is 6.61 Å². The van der Waals surface area contributed by atoms with Crippen LogP contribution in [0.25, 0.3) is 0 Å². The van der Waals surface area contributed by atoms with Crippen LogP contribution < -0.4 is 0 Å². The van der Waals surface area contributed by atoms with Gasteiger partial charge in [-0.2, -0.15) is 5.26 Å². The van der Waals surface area contributed by atoms with E-state index in [4.69, 9.17) is 10.1 Å². The van der Waals surface area contributed by atoms with Crippen LogP contribution in [0.3, 0.4) is 0 Å². The summed E-state index contributed by atoms with van der Waals surface area (Å²) >= 11 is 0. The van der Waals surface area contributed by atoms with Crippen molar-refractivity contribution < 1.29 is 4.84 Å². The molecule has 0 aliphatic heterocycles. The van der Waals surface area contributed by atoms with Crippen LogP contribution in [0.1, 0.15) is 16.7 Å². The molecule has 2 rings (SSSR count). The van der Waals surface area contributed by atoms with Crippen molar-refractivity contribution in [1.82, 2.24) is 0 Å². The third-order valence-electron chi connectivity index (χ3n) is 2.39. The summed E-state index contributed by atoms with van der Waals surface area (Å²) in [6, 6.07) is 19.1. The number of hydrogen-bond donors (Lipinski definition) is 0. The first-order valence-electron chi connectivity index (χ1n) is 5.58. The van der Waals surface area contributed by atoms with Gasteiger partial charge in [-0.1, -0.05) is 47.6 Å². The van der Waals surface area contributed by atoms with Crippen LogP contribution in [-0.2, 0) is 11.4 Å². The first kappa shape index (κ1) is 11.9. The molecule has 0 saturated heterocycles. The van der Waals surface area contributed by atoms with Crippen molar-refractivity contribution >= 4 is 6.21 Å². The van der Waals surface area contributed by atoms with Crippen molar-refractivity contribution in [3.8, 4) is 6.07 Å². The predicted molar refractivity (Wildman–Crippen MR) is 70.0 cm³/mol. The van der Waals surface area contributed by atoms with Gasteiger partial charge in [0.05, 0.1) is 17.8 Å². The summed E-state index contributed by atoms with van der Waals surface area (Å²) in [5.41, 5.74) is 2.63. The van der Waals surface area contributed by atoms with E-state index in [2.05, 4.69) is 11.2 Å². The van der Waals surface area contributed by atoms with Gasteiger partial charge in [0, 0.05) is 0 Å². The number of benzene rings is 2. The zero-order valence-corrected chi connectivity index (χ0v) is 9.78. The Kier molecular flexibility index (Phi) is 4.10. The van der Waals surface area contributed by atoms with Crippen LogP contribution >= 0.6 is 0 Å². The molecule has 0 saturated carbocycles. The number of nitrogens with zero attached hydrogens (tertiary/aromatic N) is 2. The second-order valence-electron chi connectivity index (χ2n) is 3.73. The van der Waals surface area contributed by atoms with Gasteiger partial charge in [0.15, 0.2) is 0 Å². The summed E-state index contributed by atoms with van der Waals surface area (Å²) in [5.74, 6) is 0. The van der Waals surface area contributed by atoms with E-state index >= 15 is 0 Å². The molecular formula is C15H12N2O. The molecule has 0 N–H and O–H groups in total. The van der Waals surface area contributed by atoms with Gasteiger partial charge in [-0.3, -0.25) is 0 Å². The summed E-state index contributed by atoms with van der Waals surface area (Å²) < 4.78 is 0. The van der Waals surface area contributed by atoms with E-state index in [9.17, 15) is 0 Å². The minimum absolute atomic E-state index is 0.398. The largest absolute Gasteiger partial charge is 0.391 e. The standard InChI is InChI=1S/C15H12N2O/c16-10-13-6-8-15(9-7-13)12-18-17-11-14-4-2-1-3-5-14/h1-9,11H,12H2/b17-11-. The Balaban J connectivity index is 1.85. The molecule has 0 unspecified atom stereocenters. The summed E-state index contributed by atoms with van der Waals surface area (Å²) in [6.07, 6.45) is 1.67. The van der Waals surface area contributed by atoms with Crippen molar-refractivity contribution in [3.63, 3.8) is 0 Å². The lowest BCUT2D eigenvalue weighted by Crippen LogP contribution is -1.88. The van der Waals surface area contributed by atoms with Crippen LogP contribution in [0.5, 0.6) is 0 Å². The third-order valence-corrected chi connectivity index (χ3v) is 2.39. The van der Waals surface area contributed by atoms with Crippen molar-refractivity contribution in [2.75, 3.05) is 0 Å². The van der Waals surface area contributed by atoms with Crippen LogP contribution in [0.4, 0.5) is 0 Å². The zero-order chi connectivity index (χ0) is 12.6. The third kappa shape index (κ3) is 3.46. The normalized spacial score (nSPS) is 10.2. The lowest BCUT2D eigenvalue weighted by Gasteiger charge is -1.99. The molecule has 2 aromatic carbocycles. The van der Waals surface area contributed by atoms with E-state index in [1.165, 1.54) is 0 Å². The molecule has 0 aliphatic rings. The van der Waals surface area contributed by atoms with Gasteiger partial charge in [0.2, 0.25) is 0 Å². The highest BCUT2D eigenvalue weighted by atomic mass is 16.6. The number of oxime groups is 1. The van der Waals surface area contributed by atoms with Crippen LogP contribution in [0.2, 0.25) is 0 Å². The maximum absolute atomic E-state index is 8.66. The van der Waals surface area contributed by atoms with Gasteiger partial charge < -0.3 is 4.84 Å². The molecule has 0 aromatic heterocycles. The molecule has 0 radical (unpaired) electrons. The van der Waals surface area contributed by atoms with E-state index < -0.39 is 0 Å². The number of hydrogen-bond acceptors (Lipinski definition) is 3. The van der Waals surface area contributed by atoms with Gasteiger partial charge in [-0.15, -0.1) is 0 Å². The van der Waals surface area contributed by atoms with Crippen molar-refractivity contribution in [2.24, 2.45) is 5.16 Å². The first-order valence-corrected chi connectivity index (χ1v) is 5.58. The molecule has 3 heteroatoms. The molecule has 0 fully saturated rings. The van der Waals surface area contributed by atoms with Crippen LogP contribution in [0, 0.1) is 11.3 Å². The quantitative estimate of drug-likeness (QED) is 0.604. The van der Waals surface area contributed by atoms with Crippen molar-refractivity contribution in [1.29, 1.82) is 5.26 Å². The second kappa shape index (κ2) is 6.21. The molecule has 0 aliphatic carbocycles. The fraction of sp³-hybridized carbons (Fsp3) is 0.0667. The summed E-state index contributed by atoms with van der Waals surface area (Å²) in [4.78, 5) is 5.18. The highest BCUT2D eigenvalue weighted by Gasteiger charge is 1.93. The zero-order valence-electron chi connectivity index (χ0n) is 9.78. The molecule has 88 valence electrons. The Morgan fingerprint density at radius 3 is 2.44 bits per heavy atom. The molecule has 0 bridgehead atoms. The smallest absolute Gasteiger partial charge is 0.142 e. The monoisotopic (exact) mass is 236 g/mol. The van der Waals surface area contributed by atoms with E-state index in [-0.39, 0.29) is 0 Å². The van der Waals surface area contributed by atoms with E-state index in [1.54, 1.807) is 18.3 Å². The fourth-order valence-electron chi connectivity index (χ4n) is 1.42. The molecular weight excluding hydrogens is 224 g/mol. The van der Waals surface area contributed by atoms with Gasteiger partial charge >= 0.3 is 0 Å². The van der Waals surface area contributed by atoms with E-state index in [0.717, 1.165) is 11.1 Å². The van der Waals surface area contributed by atoms with Crippen LogP contribution in [-0.4, -0.2) is 6.21 Å². The Morgan fingerprint density at radius 1 is 1.06 bits per heavy atom. The van der Waals surface area contributed by atoms with E-state index in [0.29, 0.717) is 12.2 Å². The lowest BCUT2D eigenvalue weighted by atomic mass is 10.2. The molecule has 0 spiro atoms. The molecule has 2 aromatic rings. The Morgan fingerprint density at radius 2 is 1.78 bits per heavy atom. The van der Waals surface area contributed by atoms with Gasteiger partial charge in [-0.05, 0) is 23.3 Å². The van der Waals surface area contributed by atoms with E-state index in [1.807, 2.05) is 42.5 Å². The SMILES string of the molecule is N#Cc1ccc(CO/N=C\c2ccccc2)cc1. The fourth-order valence-corrected chi connectivity index (χ4v) is 1.42. The Labute approximate surface area is 106 Å². The highest BCUT2D eigenvalue weighted by Crippen LogP contribution is 2.05. The second-order valence-corrected chi connectivity index (χ2v) is 3.73. The topological polar surface area (TPSA) is 45.4 Å². The van der Waals surface area contributed by atoms with Crippen LogP contribution in [0.15, 0.2) is 59.8 Å². The molecule has 3 nitrogen and oxygen atoms in total. The average molecular weight is 236 g/mol. The molecule has 0 atom stereocenters. The van der Waals surface area contributed by atoms with Gasteiger partial charge in [-0.25, -0.2) is 0 Å². The van der Waals surface area contributed by atoms with Gasteiger partial charge in [0.25, 0.3) is 0 Å². The maximum atomic E-state index is 8.66. The molecule has 0 heterocycles. The molecule has 0 amide bonds. The summed E-state index contributed by atoms with van der Waals surface area (Å²) in [6.45, 7) is 0.398. The molecule has 18 heavy (non-hydrogen) atoms. The Hall–Kier alpha value is -2.60. The van der Waals surface area contributed by atoms with Crippen molar-refractivity contribution in [3.05, 3.63) is 71.3 Å². The highest BCUT2D eigenvalue weighted by molar-refractivity contribution is 5.78. The maximum Gasteiger partial charge on any atom is 0.142 e. The number of rotatable bonds is 4. The van der Waals surface area contributed by atoms with Gasteiger partial charge in [0.1, 0.15) is 6.61 Å². The minimum Gasteiger partial charge on any atom is -0.391 e.